The summed E-state index contributed by atoms with van der Waals surface area (Å²) in [5, 5.41) is 0. The molecular weight excluding hydrogens is 495 g/mol. The summed E-state index contributed by atoms with van der Waals surface area (Å²) in [7, 11) is 0. The summed E-state index contributed by atoms with van der Waals surface area (Å²) in [6.07, 6.45) is 26.6. The maximum Gasteiger partial charge on any atom is 0.136 e. The van der Waals surface area contributed by atoms with E-state index < -0.39 is 0 Å². The van der Waals surface area contributed by atoms with Gasteiger partial charge in [0.2, 0.25) is 0 Å². The number of hydrogen-bond acceptors (Lipinski definition) is 2. The zero-order valence-corrected chi connectivity index (χ0v) is 22.3. The van der Waals surface area contributed by atoms with Crippen molar-refractivity contribution in [1.82, 2.24) is 0 Å². The third kappa shape index (κ3) is 14.0. The summed E-state index contributed by atoms with van der Waals surface area (Å²) in [5.74, 6) is 4.47. The van der Waals surface area contributed by atoms with Crippen LogP contribution in [0.15, 0.2) is 12.1 Å². The molecule has 0 N–H and O–H groups in total. The fourth-order valence-electron chi connectivity index (χ4n) is 3.71. The van der Waals surface area contributed by atoms with E-state index >= 15 is 0 Å². The normalized spacial score (nSPS) is 10.8. The molecular formula is C28H45IO2. The molecule has 0 amide bonds. The van der Waals surface area contributed by atoms with Crippen molar-refractivity contribution < 1.29 is 9.47 Å². The van der Waals surface area contributed by atoms with Crippen molar-refractivity contribution in [2.45, 2.75) is 117 Å². The summed E-state index contributed by atoms with van der Waals surface area (Å²) in [6.45, 7) is 6.02. The molecule has 0 bridgehead atoms. The van der Waals surface area contributed by atoms with Gasteiger partial charge >= 0.3 is 0 Å². The second-order valence-electron chi connectivity index (χ2n) is 8.57. The van der Waals surface area contributed by atoms with Gasteiger partial charge in [-0.25, -0.2) is 0 Å². The van der Waals surface area contributed by atoms with E-state index in [0.29, 0.717) is 0 Å². The van der Waals surface area contributed by atoms with E-state index in [2.05, 4.69) is 42.4 Å². The summed E-state index contributed by atoms with van der Waals surface area (Å²) in [5.41, 5.74) is 0.797. The van der Waals surface area contributed by atoms with Crippen LogP contribution >= 0.6 is 22.6 Å². The number of hydrogen-bond donors (Lipinski definition) is 0. The Morgan fingerprint density at radius 1 is 0.645 bits per heavy atom. The minimum Gasteiger partial charge on any atom is -0.492 e. The van der Waals surface area contributed by atoms with Crippen molar-refractivity contribution in [2.24, 2.45) is 0 Å². The Morgan fingerprint density at radius 2 is 1.06 bits per heavy atom. The number of rotatable bonds is 20. The molecule has 0 aliphatic carbocycles. The van der Waals surface area contributed by atoms with Gasteiger partial charge in [-0.05, 0) is 41.5 Å². The molecule has 3 heteroatoms. The predicted molar refractivity (Wildman–Crippen MR) is 143 cm³/mol. The van der Waals surface area contributed by atoms with Gasteiger partial charge in [0.15, 0.2) is 0 Å². The van der Waals surface area contributed by atoms with Gasteiger partial charge < -0.3 is 9.47 Å². The largest absolute Gasteiger partial charge is 0.492 e. The molecule has 0 aliphatic heterocycles. The van der Waals surface area contributed by atoms with Gasteiger partial charge in [-0.15, -0.1) is 6.42 Å². The van der Waals surface area contributed by atoms with Gasteiger partial charge in [-0.1, -0.05) is 110 Å². The first-order valence-corrected chi connectivity index (χ1v) is 13.9. The van der Waals surface area contributed by atoms with E-state index in [0.717, 1.165) is 46.7 Å². The Balaban J connectivity index is 2.25. The summed E-state index contributed by atoms with van der Waals surface area (Å²) in [4.78, 5) is 0. The first-order chi connectivity index (χ1) is 15.2. The maximum atomic E-state index is 6.02. The molecule has 0 aromatic heterocycles. The Hall–Kier alpha value is -0.890. The van der Waals surface area contributed by atoms with Gasteiger partial charge in [0.05, 0.1) is 22.3 Å². The molecule has 0 spiro atoms. The van der Waals surface area contributed by atoms with E-state index in [1.165, 1.54) is 89.9 Å². The average molecular weight is 541 g/mol. The highest BCUT2D eigenvalue weighted by atomic mass is 127. The van der Waals surface area contributed by atoms with Crippen molar-refractivity contribution in [3.63, 3.8) is 0 Å². The number of benzene rings is 1. The monoisotopic (exact) mass is 540 g/mol. The van der Waals surface area contributed by atoms with Crippen LogP contribution < -0.4 is 9.47 Å². The molecule has 0 radical (unpaired) electrons. The third-order valence-corrected chi connectivity index (χ3v) is 6.54. The van der Waals surface area contributed by atoms with Crippen LogP contribution in [-0.4, -0.2) is 13.2 Å². The second-order valence-corrected chi connectivity index (χ2v) is 9.73. The minimum atomic E-state index is 0.734. The Kier molecular flexibility index (Phi) is 17.9. The van der Waals surface area contributed by atoms with E-state index in [9.17, 15) is 0 Å². The van der Waals surface area contributed by atoms with Gasteiger partial charge in [0, 0.05) is 6.07 Å². The lowest BCUT2D eigenvalue weighted by molar-refractivity contribution is 0.294. The SMILES string of the molecule is C#Cc1cc(OCCCCCCCCCC)c(I)cc1OCCCCCCCCCC. The lowest BCUT2D eigenvalue weighted by Crippen LogP contribution is -2.03. The smallest absolute Gasteiger partial charge is 0.136 e. The molecule has 0 saturated carbocycles. The van der Waals surface area contributed by atoms with Crippen LogP contribution in [0.4, 0.5) is 0 Å². The molecule has 0 unspecified atom stereocenters. The third-order valence-electron chi connectivity index (χ3n) is 5.70. The highest BCUT2D eigenvalue weighted by Crippen LogP contribution is 2.30. The summed E-state index contributed by atoms with van der Waals surface area (Å²) >= 11 is 2.32. The first-order valence-electron chi connectivity index (χ1n) is 12.8. The van der Waals surface area contributed by atoms with Crippen LogP contribution in [0.3, 0.4) is 0 Å². The van der Waals surface area contributed by atoms with Gasteiger partial charge in [0.1, 0.15) is 11.5 Å². The molecule has 1 aromatic rings. The van der Waals surface area contributed by atoms with Crippen LogP contribution in [0.2, 0.25) is 0 Å². The zero-order chi connectivity index (χ0) is 22.6. The van der Waals surface area contributed by atoms with Crippen LogP contribution in [0, 0.1) is 15.9 Å². The zero-order valence-electron chi connectivity index (χ0n) is 20.2. The maximum absolute atomic E-state index is 6.02. The highest BCUT2D eigenvalue weighted by molar-refractivity contribution is 14.1. The first kappa shape index (κ1) is 28.1. The van der Waals surface area contributed by atoms with Crippen molar-refractivity contribution in [1.29, 1.82) is 0 Å². The van der Waals surface area contributed by atoms with E-state index in [-0.39, 0.29) is 0 Å². The lowest BCUT2D eigenvalue weighted by atomic mass is 10.1. The summed E-state index contributed by atoms with van der Waals surface area (Å²) in [6, 6.07) is 4.00. The van der Waals surface area contributed by atoms with E-state index in [1.807, 2.05) is 12.1 Å². The second kappa shape index (κ2) is 19.8. The van der Waals surface area contributed by atoms with Crippen LogP contribution in [0.1, 0.15) is 122 Å². The van der Waals surface area contributed by atoms with Gasteiger partial charge in [-0.3, -0.25) is 0 Å². The molecule has 1 rings (SSSR count). The number of unbranched alkanes of at least 4 members (excludes halogenated alkanes) is 14. The standard InChI is InChI=1S/C28H45IO2/c1-4-7-9-11-13-15-17-19-21-30-27-24-26(29)28(23-25(27)6-3)31-22-20-18-16-14-12-10-8-5-2/h3,23-24H,4-5,7-22H2,1-2H3. The number of halogens is 1. The van der Waals surface area contributed by atoms with Crippen molar-refractivity contribution in [2.75, 3.05) is 13.2 Å². The van der Waals surface area contributed by atoms with Crippen molar-refractivity contribution >= 4 is 22.6 Å². The van der Waals surface area contributed by atoms with E-state index in [1.54, 1.807) is 0 Å². The Bertz CT molecular complexity index is 606. The Morgan fingerprint density at radius 3 is 1.52 bits per heavy atom. The number of terminal acetylenes is 1. The quantitative estimate of drug-likeness (QED) is 0.0932. The van der Waals surface area contributed by atoms with Crippen LogP contribution in [0.25, 0.3) is 0 Å². The minimum absolute atomic E-state index is 0.734. The highest BCUT2D eigenvalue weighted by Gasteiger charge is 2.09. The molecule has 0 fully saturated rings. The lowest BCUT2D eigenvalue weighted by Gasteiger charge is -2.13. The molecule has 0 atom stereocenters. The fraction of sp³-hybridized carbons (Fsp3) is 0.714. The molecule has 0 saturated heterocycles. The molecule has 0 aliphatic rings. The predicted octanol–water partition coefficient (Wildman–Crippen LogP) is 9.31. The molecule has 176 valence electrons. The summed E-state index contributed by atoms with van der Waals surface area (Å²) < 4.78 is 13.1. The molecule has 2 nitrogen and oxygen atoms in total. The molecule has 1 aromatic carbocycles. The van der Waals surface area contributed by atoms with E-state index in [4.69, 9.17) is 15.9 Å². The topological polar surface area (TPSA) is 18.5 Å². The van der Waals surface area contributed by atoms with Crippen molar-refractivity contribution in [3.05, 3.63) is 21.3 Å². The van der Waals surface area contributed by atoms with Gasteiger partial charge in [-0.2, -0.15) is 0 Å². The Labute approximate surface area is 206 Å². The van der Waals surface area contributed by atoms with Crippen molar-refractivity contribution in [3.8, 4) is 23.8 Å². The molecule has 0 heterocycles. The average Bonchev–Trinajstić information content (AvgIpc) is 2.78. The molecule has 31 heavy (non-hydrogen) atoms. The van der Waals surface area contributed by atoms with Gasteiger partial charge in [0.25, 0.3) is 0 Å². The number of ether oxygens (including phenoxy) is 2. The van der Waals surface area contributed by atoms with Crippen LogP contribution in [0.5, 0.6) is 11.5 Å². The van der Waals surface area contributed by atoms with Crippen LogP contribution in [-0.2, 0) is 0 Å². The fourth-order valence-corrected chi connectivity index (χ4v) is 4.31.